The first-order valence-electron chi connectivity index (χ1n) is 11.3. The third kappa shape index (κ3) is 3.88. The van der Waals surface area contributed by atoms with Crippen LogP contribution in [-0.2, 0) is 17.7 Å². The number of pyridine rings is 1. The average Bonchev–Trinajstić information content (AvgIpc) is 3.21. The molecule has 2 aromatic rings. The predicted octanol–water partition coefficient (Wildman–Crippen LogP) is 3.10. The lowest BCUT2D eigenvalue weighted by Gasteiger charge is -2.32. The smallest absolute Gasteiger partial charge is 0.317 e. The van der Waals surface area contributed by atoms with Crippen LogP contribution in [0.5, 0.6) is 5.88 Å². The summed E-state index contributed by atoms with van der Waals surface area (Å²) in [5.74, 6) is 1.01. The Hall–Kier alpha value is -2.95. The van der Waals surface area contributed by atoms with Gasteiger partial charge in [-0.15, -0.1) is 0 Å². The molecule has 3 aliphatic heterocycles. The molecule has 178 valence electrons. The minimum atomic E-state index is -2.64. The van der Waals surface area contributed by atoms with Crippen LogP contribution >= 0.6 is 0 Å². The van der Waals surface area contributed by atoms with Gasteiger partial charge in [-0.1, -0.05) is 0 Å². The number of alkyl halides is 2. The summed E-state index contributed by atoms with van der Waals surface area (Å²) in [5.41, 5.74) is 2.67. The second kappa shape index (κ2) is 8.77. The fourth-order valence-electron chi connectivity index (χ4n) is 4.89. The maximum Gasteiger partial charge on any atom is 0.317 e. The zero-order valence-corrected chi connectivity index (χ0v) is 18.8. The molecule has 5 heterocycles. The van der Waals surface area contributed by atoms with E-state index in [0.717, 1.165) is 24.1 Å². The highest BCUT2D eigenvalue weighted by Gasteiger charge is 2.35. The fourth-order valence-corrected chi connectivity index (χ4v) is 4.89. The average molecular weight is 463 g/mol. The first-order chi connectivity index (χ1) is 16.0. The Morgan fingerprint density at radius 3 is 2.76 bits per heavy atom. The summed E-state index contributed by atoms with van der Waals surface area (Å²) < 4.78 is 40.6. The number of urea groups is 1. The topological polar surface area (TPSA) is 84.8 Å². The number of carbonyl (C=O) groups is 1. The van der Waals surface area contributed by atoms with E-state index >= 15 is 0 Å². The summed E-state index contributed by atoms with van der Waals surface area (Å²) in [4.78, 5) is 20.3. The van der Waals surface area contributed by atoms with Crippen molar-refractivity contribution in [1.29, 1.82) is 0 Å². The Morgan fingerprint density at radius 2 is 2.03 bits per heavy atom. The molecule has 0 aliphatic carbocycles. The zero-order valence-electron chi connectivity index (χ0n) is 18.8. The number of rotatable bonds is 3. The van der Waals surface area contributed by atoms with Gasteiger partial charge < -0.3 is 24.6 Å². The minimum Gasteiger partial charge on any atom is -0.474 e. The third-order valence-electron chi connectivity index (χ3n) is 6.64. The van der Waals surface area contributed by atoms with Gasteiger partial charge in [0.2, 0.25) is 5.88 Å². The lowest BCUT2D eigenvalue weighted by molar-refractivity contribution is 0.0651. The molecule has 9 nitrogen and oxygen atoms in total. The van der Waals surface area contributed by atoms with Crippen molar-refractivity contribution in [2.45, 2.75) is 45.2 Å². The van der Waals surface area contributed by atoms with Gasteiger partial charge in [0.05, 0.1) is 24.8 Å². The molecule has 0 atom stereocenters. The Balaban J connectivity index is 1.61. The zero-order chi connectivity index (χ0) is 23.1. The van der Waals surface area contributed by atoms with Crippen molar-refractivity contribution < 1.29 is 23.0 Å². The molecule has 0 spiro atoms. The van der Waals surface area contributed by atoms with Gasteiger partial charge in [0.1, 0.15) is 12.3 Å². The van der Waals surface area contributed by atoms with E-state index in [0.29, 0.717) is 63.3 Å². The van der Waals surface area contributed by atoms with Crippen LogP contribution in [0.15, 0.2) is 6.07 Å². The number of aromatic nitrogens is 3. The van der Waals surface area contributed by atoms with Crippen molar-refractivity contribution in [2.75, 3.05) is 44.9 Å². The van der Waals surface area contributed by atoms with Gasteiger partial charge in [-0.25, -0.2) is 18.6 Å². The molecular formula is C22H28F2N6O3. The van der Waals surface area contributed by atoms with Crippen LogP contribution in [0.25, 0.3) is 0 Å². The molecule has 5 rings (SSSR count). The van der Waals surface area contributed by atoms with Crippen molar-refractivity contribution >= 4 is 17.5 Å². The van der Waals surface area contributed by atoms with Crippen LogP contribution in [0.4, 0.5) is 25.1 Å². The van der Waals surface area contributed by atoms with E-state index in [1.54, 1.807) is 18.9 Å². The molecule has 0 radical (unpaired) electrons. The molecule has 0 unspecified atom stereocenters. The number of carbonyl (C=O) groups excluding carboxylic acids is 1. The van der Waals surface area contributed by atoms with E-state index in [1.807, 2.05) is 4.90 Å². The molecule has 1 fully saturated rings. The van der Waals surface area contributed by atoms with Crippen LogP contribution in [0.3, 0.4) is 0 Å². The number of nitrogens with one attached hydrogen (secondary N) is 1. The van der Waals surface area contributed by atoms with Gasteiger partial charge in [0, 0.05) is 50.0 Å². The number of hydrogen-bond donors (Lipinski definition) is 1. The Labute approximate surface area is 190 Å². The molecule has 3 aliphatic rings. The normalized spacial score (nSPS) is 18.7. The first-order valence-corrected chi connectivity index (χ1v) is 11.3. The maximum absolute atomic E-state index is 13.6. The molecule has 11 heteroatoms. The van der Waals surface area contributed by atoms with Crippen LogP contribution in [0.2, 0.25) is 0 Å². The highest BCUT2D eigenvalue weighted by atomic mass is 19.3. The van der Waals surface area contributed by atoms with E-state index < -0.39 is 6.43 Å². The molecule has 0 bridgehead atoms. The maximum atomic E-state index is 13.6. The molecule has 33 heavy (non-hydrogen) atoms. The Bertz CT molecular complexity index is 1050. The molecular weight excluding hydrogens is 434 g/mol. The van der Waals surface area contributed by atoms with Crippen molar-refractivity contribution in [1.82, 2.24) is 25.0 Å². The van der Waals surface area contributed by atoms with E-state index in [2.05, 4.69) is 15.0 Å². The second-order valence-corrected chi connectivity index (χ2v) is 8.55. The van der Waals surface area contributed by atoms with Gasteiger partial charge in [-0.2, -0.15) is 5.10 Å². The van der Waals surface area contributed by atoms with E-state index in [-0.39, 0.29) is 23.3 Å². The summed E-state index contributed by atoms with van der Waals surface area (Å²) in [6.45, 7) is 4.75. The van der Waals surface area contributed by atoms with E-state index in [4.69, 9.17) is 14.6 Å². The summed E-state index contributed by atoms with van der Waals surface area (Å²) in [6, 6.07) is 1.52. The summed E-state index contributed by atoms with van der Waals surface area (Å²) >= 11 is 0. The van der Waals surface area contributed by atoms with Crippen molar-refractivity contribution in [3.05, 3.63) is 28.6 Å². The molecule has 0 aromatic carbocycles. The lowest BCUT2D eigenvalue weighted by Crippen LogP contribution is -2.42. The highest BCUT2D eigenvalue weighted by molar-refractivity contribution is 5.75. The minimum absolute atomic E-state index is 0.117. The number of aryl methyl sites for hydroxylation is 1. The highest BCUT2D eigenvalue weighted by Crippen LogP contribution is 2.42. The first kappa shape index (κ1) is 21.9. The lowest BCUT2D eigenvalue weighted by atomic mass is 10.0. The standard InChI is InChI=1S/C22H28F2N6O3/c1-13-15(19(23)24)11-18-21(26-13)33-10-7-29(18)20-16-12-28(22(31)25-2)6-3-17(16)30(27-20)14-4-8-32-9-5-14/h11,14,19H,3-10,12H2,1-2H3,(H,25,31). The number of ether oxygens (including phenoxy) is 2. The number of amides is 2. The summed E-state index contributed by atoms with van der Waals surface area (Å²) in [5, 5.41) is 7.71. The third-order valence-corrected chi connectivity index (χ3v) is 6.64. The Morgan fingerprint density at radius 1 is 1.24 bits per heavy atom. The molecule has 2 aromatic heterocycles. The van der Waals surface area contributed by atoms with E-state index in [1.165, 1.54) is 6.07 Å². The quantitative estimate of drug-likeness (QED) is 0.755. The number of nitrogens with zero attached hydrogens (tertiary/aromatic N) is 5. The SMILES string of the molecule is CNC(=O)N1CCc2c(c(N3CCOc4nc(C)c(C(F)F)cc43)nn2C2CCOCC2)C1. The van der Waals surface area contributed by atoms with Crippen LogP contribution in [0.1, 0.15) is 47.8 Å². The second-order valence-electron chi connectivity index (χ2n) is 8.55. The number of halogens is 2. The molecule has 1 saturated heterocycles. The predicted molar refractivity (Wildman–Crippen MR) is 116 cm³/mol. The molecule has 2 amide bonds. The fraction of sp³-hybridized carbons (Fsp3) is 0.591. The van der Waals surface area contributed by atoms with Gasteiger partial charge in [-0.05, 0) is 25.8 Å². The Kier molecular flexibility index (Phi) is 5.81. The number of anilines is 2. The van der Waals surface area contributed by atoms with Gasteiger partial charge >= 0.3 is 6.03 Å². The molecule has 1 N–H and O–H groups in total. The number of hydrogen-bond acceptors (Lipinski definition) is 6. The van der Waals surface area contributed by atoms with Crippen molar-refractivity contribution in [2.24, 2.45) is 0 Å². The number of fused-ring (bicyclic) bond motifs is 2. The van der Waals surface area contributed by atoms with Crippen LogP contribution < -0.4 is 15.0 Å². The van der Waals surface area contributed by atoms with Gasteiger partial charge in [-0.3, -0.25) is 4.68 Å². The van der Waals surface area contributed by atoms with Crippen LogP contribution in [0, 0.1) is 6.92 Å². The van der Waals surface area contributed by atoms with Crippen molar-refractivity contribution in [3.63, 3.8) is 0 Å². The summed E-state index contributed by atoms with van der Waals surface area (Å²) in [7, 11) is 1.61. The summed E-state index contributed by atoms with van der Waals surface area (Å²) in [6.07, 6.45) is -0.228. The van der Waals surface area contributed by atoms with Gasteiger partial charge in [0.25, 0.3) is 6.43 Å². The largest absolute Gasteiger partial charge is 0.474 e. The monoisotopic (exact) mass is 462 g/mol. The van der Waals surface area contributed by atoms with Crippen LogP contribution in [-0.4, -0.2) is 65.7 Å². The van der Waals surface area contributed by atoms with Crippen molar-refractivity contribution in [3.8, 4) is 5.88 Å². The molecule has 0 saturated carbocycles. The van der Waals surface area contributed by atoms with Gasteiger partial charge in [0.15, 0.2) is 5.82 Å². The van der Waals surface area contributed by atoms with E-state index in [9.17, 15) is 13.6 Å².